The summed E-state index contributed by atoms with van der Waals surface area (Å²) in [6.07, 6.45) is 3.77. The van der Waals surface area contributed by atoms with Crippen LogP contribution in [0.1, 0.15) is 38.7 Å². The van der Waals surface area contributed by atoms with Crippen molar-refractivity contribution >= 4 is 16.0 Å². The summed E-state index contributed by atoms with van der Waals surface area (Å²) in [5, 5.41) is 26.2. The molecule has 2 atom stereocenters. The van der Waals surface area contributed by atoms with Gasteiger partial charge in [0.15, 0.2) is 0 Å². The average molecular weight is 494 g/mol. The number of hydrogen-bond acceptors (Lipinski definition) is 9. The van der Waals surface area contributed by atoms with E-state index in [1.807, 2.05) is 13.0 Å². The number of aryl methyl sites for hydroxylation is 1. The zero-order chi connectivity index (χ0) is 24.7. The summed E-state index contributed by atoms with van der Waals surface area (Å²) in [6.45, 7) is 3.83. The highest BCUT2D eigenvalue weighted by Crippen LogP contribution is 2.48. The molecule has 0 unspecified atom stereocenters. The van der Waals surface area contributed by atoms with E-state index in [1.165, 1.54) is 23.3 Å². The molecule has 2 aliphatic rings. The summed E-state index contributed by atoms with van der Waals surface area (Å²) in [7, 11) is -2.23. The van der Waals surface area contributed by atoms with Gasteiger partial charge < -0.3 is 15.2 Å². The third-order valence-corrected chi connectivity index (χ3v) is 8.00. The number of nitrogens with one attached hydrogen (secondary N) is 1. The quantitative estimate of drug-likeness (QED) is 0.581. The average Bonchev–Trinajstić information content (AvgIpc) is 3.19. The Bertz CT molecular complexity index is 1200. The van der Waals surface area contributed by atoms with Crippen LogP contribution in [0.3, 0.4) is 0 Å². The Kier molecular flexibility index (Phi) is 6.26. The van der Waals surface area contributed by atoms with E-state index in [0.717, 1.165) is 4.31 Å². The van der Waals surface area contributed by atoms with Gasteiger partial charge in [0.1, 0.15) is 22.7 Å². The lowest BCUT2D eigenvalue weighted by Crippen LogP contribution is -2.51. The lowest BCUT2D eigenvalue weighted by molar-refractivity contribution is -0.121. The highest BCUT2D eigenvalue weighted by atomic mass is 32.2. The lowest BCUT2D eigenvalue weighted by atomic mass is 9.61. The highest BCUT2D eigenvalue weighted by Gasteiger charge is 2.48. The first-order valence-corrected chi connectivity index (χ1v) is 12.4. The van der Waals surface area contributed by atoms with Gasteiger partial charge in [-0.05, 0) is 26.2 Å². The van der Waals surface area contributed by atoms with Crippen molar-refractivity contribution in [1.29, 1.82) is 5.26 Å². The predicted octanol–water partition coefficient (Wildman–Crippen LogP) is 1.22. The normalized spacial score (nSPS) is 29.8. The standard InChI is InChI=1S/C21H28FN7O4S/c1-20(11-21(2,30)12-20)13-33-18-14(6-23)7-24-19(27-18)26-17-4-5-29(10-16(17)22)34(31,32)15-8-25-28(3)9-15/h7-9,16-17,30H,4-5,10-13H2,1-3H3,(H,24,26,27)/t16-,17-,20?,21?/m1/s1. The third kappa shape index (κ3) is 4.98. The van der Waals surface area contributed by atoms with Crippen molar-refractivity contribution in [2.24, 2.45) is 12.5 Å². The van der Waals surface area contributed by atoms with Crippen molar-refractivity contribution in [1.82, 2.24) is 24.1 Å². The molecule has 0 aromatic carbocycles. The molecule has 2 aromatic heterocycles. The molecule has 34 heavy (non-hydrogen) atoms. The minimum atomic E-state index is -3.84. The number of sulfonamides is 1. The van der Waals surface area contributed by atoms with E-state index in [9.17, 15) is 23.2 Å². The molecule has 184 valence electrons. The van der Waals surface area contributed by atoms with Gasteiger partial charge in [-0.25, -0.2) is 17.8 Å². The van der Waals surface area contributed by atoms with Gasteiger partial charge in [-0.2, -0.15) is 19.6 Å². The summed E-state index contributed by atoms with van der Waals surface area (Å²) in [6, 6.07) is 1.27. The number of halogens is 1. The molecule has 0 amide bonds. The molecule has 11 nitrogen and oxygen atoms in total. The van der Waals surface area contributed by atoms with Crippen molar-refractivity contribution in [3.05, 3.63) is 24.2 Å². The molecule has 4 rings (SSSR count). The van der Waals surface area contributed by atoms with Crippen LogP contribution in [0, 0.1) is 16.7 Å². The monoisotopic (exact) mass is 493 g/mol. The number of alkyl halides is 1. The molecule has 13 heteroatoms. The summed E-state index contributed by atoms with van der Waals surface area (Å²) >= 11 is 0. The Morgan fingerprint density at radius 2 is 2.12 bits per heavy atom. The van der Waals surface area contributed by atoms with E-state index < -0.39 is 27.8 Å². The molecular weight excluding hydrogens is 465 g/mol. The number of piperidine rings is 1. The molecule has 0 bridgehead atoms. The first kappa shape index (κ1) is 24.3. The summed E-state index contributed by atoms with van der Waals surface area (Å²) in [5.41, 5.74) is -0.801. The number of anilines is 1. The third-order valence-electron chi connectivity index (χ3n) is 6.18. The lowest BCUT2D eigenvalue weighted by Gasteiger charge is -2.49. The fraction of sp³-hybridized carbons (Fsp3) is 0.619. The van der Waals surface area contributed by atoms with E-state index in [4.69, 9.17) is 4.74 Å². The van der Waals surface area contributed by atoms with Gasteiger partial charge in [0.25, 0.3) is 0 Å². The molecule has 2 fully saturated rings. The van der Waals surface area contributed by atoms with Crippen LogP contribution in [-0.4, -0.2) is 75.1 Å². The molecule has 1 saturated carbocycles. The minimum absolute atomic E-state index is 0.0208. The first-order chi connectivity index (χ1) is 15.9. The van der Waals surface area contributed by atoms with Gasteiger partial charge in [0.05, 0.1) is 30.6 Å². The Morgan fingerprint density at radius 1 is 1.38 bits per heavy atom. The number of nitrogens with zero attached hydrogens (tertiary/aromatic N) is 6. The molecule has 2 N–H and O–H groups in total. The number of rotatable bonds is 7. The summed E-state index contributed by atoms with van der Waals surface area (Å²) < 4.78 is 48.7. The van der Waals surface area contributed by atoms with Crippen LogP contribution in [-0.2, 0) is 17.1 Å². The molecule has 3 heterocycles. The fourth-order valence-electron chi connectivity index (χ4n) is 4.86. The largest absolute Gasteiger partial charge is 0.476 e. The van der Waals surface area contributed by atoms with E-state index in [1.54, 1.807) is 14.0 Å². The number of hydrogen-bond donors (Lipinski definition) is 2. The molecule has 0 radical (unpaired) electrons. The second-order valence-electron chi connectivity index (χ2n) is 9.74. The van der Waals surface area contributed by atoms with Gasteiger partial charge >= 0.3 is 0 Å². The maximum absolute atomic E-state index is 15.0. The van der Waals surface area contributed by atoms with Crippen LogP contribution in [0.2, 0.25) is 0 Å². The SMILES string of the molecule is Cn1cc(S(=O)(=O)N2CC[C@@H](Nc3ncc(C#N)c(OCC4(C)CC(C)(O)C4)n3)[C@H](F)C2)cn1. The second-order valence-corrected chi connectivity index (χ2v) is 11.7. The Labute approximate surface area is 197 Å². The maximum atomic E-state index is 15.0. The van der Waals surface area contributed by atoms with Gasteiger partial charge in [0.2, 0.25) is 21.9 Å². The van der Waals surface area contributed by atoms with Gasteiger partial charge in [-0.15, -0.1) is 0 Å². The van der Waals surface area contributed by atoms with Gasteiger partial charge in [-0.3, -0.25) is 4.68 Å². The van der Waals surface area contributed by atoms with E-state index >= 15 is 0 Å². The van der Waals surface area contributed by atoms with Crippen molar-refractivity contribution in [2.75, 3.05) is 25.0 Å². The Morgan fingerprint density at radius 3 is 2.71 bits per heavy atom. The van der Waals surface area contributed by atoms with E-state index in [2.05, 4.69) is 20.4 Å². The molecule has 1 aliphatic heterocycles. The first-order valence-electron chi connectivity index (χ1n) is 10.9. The zero-order valence-corrected chi connectivity index (χ0v) is 20.1. The van der Waals surface area contributed by atoms with Crippen molar-refractivity contribution in [3.63, 3.8) is 0 Å². The number of aromatic nitrogens is 4. The fourth-order valence-corrected chi connectivity index (χ4v) is 6.31. The van der Waals surface area contributed by atoms with E-state index in [-0.39, 0.29) is 53.8 Å². The smallest absolute Gasteiger partial charge is 0.246 e. The topological polar surface area (TPSA) is 146 Å². The van der Waals surface area contributed by atoms with Crippen molar-refractivity contribution in [3.8, 4) is 11.9 Å². The van der Waals surface area contributed by atoms with Crippen LogP contribution in [0.25, 0.3) is 0 Å². The maximum Gasteiger partial charge on any atom is 0.246 e. The Balaban J connectivity index is 1.40. The Hall–Kier alpha value is -2.82. The molecular formula is C21H28FN7O4S. The minimum Gasteiger partial charge on any atom is -0.476 e. The summed E-state index contributed by atoms with van der Waals surface area (Å²) in [4.78, 5) is 8.35. The van der Waals surface area contributed by atoms with Crippen LogP contribution in [0.5, 0.6) is 5.88 Å². The molecule has 0 spiro atoms. The highest BCUT2D eigenvalue weighted by molar-refractivity contribution is 7.89. The van der Waals surface area contributed by atoms with Gasteiger partial charge in [0, 0.05) is 31.7 Å². The molecule has 2 aromatic rings. The second kappa shape index (κ2) is 8.75. The number of aliphatic hydroxyl groups is 1. The molecule has 1 aliphatic carbocycles. The van der Waals surface area contributed by atoms with Crippen molar-refractivity contribution < 1.29 is 22.7 Å². The van der Waals surface area contributed by atoms with Crippen molar-refractivity contribution in [2.45, 2.75) is 55.8 Å². The van der Waals surface area contributed by atoms with Crippen LogP contribution in [0.4, 0.5) is 10.3 Å². The van der Waals surface area contributed by atoms with Crippen LogP contribution in [0.15, 0.2) is 23.5 Å². The van der Waals surface area contributed by atoms with Gasteiger partial charge in [-0.1, -0.05) is 6.92 Å². The van der Waals surface area contributed by atoms with E-state index in [0.29, 0.717) is 12.8 Å². The van der Waals surface area contributed by atoms with Crippen LogP contribution >= 0.6 is 0 Å². The van der Waals surface area contributed by atoms with Crippen LogP contribution < -0.4 is 10.1 Å². The number of ether oxygens (including phenoxy) is 1. The zero-order valence-electron chi connectivity index (χ0n) is 19.3. The molecule has 1 saturated heterocycles. The number of nitriles is 1. The predicted molar refractivity (Wildman–Crippen MR) is 119 cm³/mol. The summed E-state index contributed by atoms with van der Waals surface area (Å²) in [5.74, 6) is 0.177.